The maximum Gasteiger partial charge on any atom is 0.192 e. The molecular formula is C12H22O4Si. The van der Waals surface area contributed by atoms with Crippen LogP contribution in [0.3, 0.4) is 0 Å². The monoisotopic (exact) mass is 258 g/mol. The van der Waals surface area contributed by atoms with Crippen molar-refractivity contribution < 1.29 is 18.7 Å². The summed E-state index contributed by atoms with van der Waals surface area (Å²) in [7, 11) is -1.82. The zero-order chi connectivity index (χ0) is 12.8. The maximum absolute atomic E-state index is 11.5. The molecule has 2 saturated heterocycles. The Morgan fingerprint density at radius 3 is 2.53 bits per heavy atom. The fourth-order valence-electron chi connectivity index (χ4n) is 1.97. The Hall–Kier alpha value is -0.233. The smallest absolute Gasteiger partial charge is 0.192 e. The van der Waals surface area contributed by atoms with Crippen LogP contribution < -0.4 is 0 Å². The van der Waals surface area contributed by atoms with Crippen LogP contribution in [0.1, 0.15) is 20.8 Å². The van der Waals surface area contributed by atoms with Crippen LogP contribution in [0.25, 0.3) is 0 Å². The van der Waals surface area contributed by atoms with Crippen molar-refractivity contribution in [3.8, 4) is 0 Å². The van der Waals surface area contributed by atoms with E-state index in [4.69, 9.17) is 13.9 Å². The van der Waals surface area contributed by atoms with Crippen LogP contribution in [-0.4, -0.2) is 45.6 Å². The van der Waals surface area contributed by atoms with Gasteiger partial charge in [0.2, 0.25) is 0 Å². The van der Waals surface area contributed by atoms with Gasteiger partial charge >= 0.3 is 0 Å². The maximum atomic E-state index is 11.5. The summed E-state index contributed by atoms with van der Waals surface area (Å²) in [6, 6.07) is 0. The van der Waals surface area contributed by atoms with Gasteiger partial charge in [0.15, 0.2) is 14.1 Å². The molecule has 0 saturated carbocycles. The topological polar surface area (TPSA) is 44.8 Å². The van der Waals surface area contributed by atoms with E-state index in [1.165, 1.54) is 0 Å². The van der Waals surface area contributed by atoms with Gasteiger partial charge in [0.05, 0.1) is 12.7 Å². The number of carbonyl (C=O) groups is 1. The Kier molecular flexibility index (Phi) is 3.23. The highest BCUT2D eigenvalue weighted by molar-refractivity contribution is 6.74. The van der Waals surface area contributed by atoms with Gasteiger partial charge in [-0.3, -0.25) is 4.79 Å². The third kappa shape index (κ3) is 2.34. The van der Waals surface area contributed by atoms with Gasteiger partial charge in [-0.15, -0.1) is 0 Å². The second kappa shape index (κ2) is 4.15. The minimum absolute atomic E-state index is 0.0522. The quantitative estimate of drug-likeness (QED) is 0.708. The van der Waals surface area contributed by atoms with Crippen LogP contribution in [0.2, 0.25) is 18.1 Å². The lowest BCUT2D eigenvalue weighted by Gasteiger charge is -2.38. The minimum Gasteiger partial charge on any atom is -0.409 e. The van der Waals surface area contributed by atoms with Crippen molar-refractivity contribution in [1.29, 1.82) is 0 Å². The Morgan fingerprint density at radius 2 is 1.94 bits per heavy atom. The van der Waals surface area contributed by atoms with Gasteiger partial charge < -0.3 is 13.9 Å². The van der Waals surface area contributed by atoms with Crippen LogP contribution in [0.15, 0.2) is 0 Å². The SMILES string of the molecule is CC(C)(C)[Si](C)(C)OC1COC2C(=O)CO[C@H]12. The third-order valence-electron chi connectivity index (χ3n) is 4.09. The van der Waals surface area contributed by atoms with E-state index in [1.807, 2.05) is 0 Å². The van der Waals surface area contributed by atoms with Gasteiger partial charge in [0.1, 0.15) is 18.8 Å². The Balaban J connectivity index is 2.04. The molecular weight excluding hydrogens is 236 g/mol. The Morgan fingerprint density at radius 1 is 1.29 bits per heavy atom. The van der Waals surface area contributed by atoms with Crippen molar-refractivity contribution >= 4 is 14.1 Å². The van der Waals surface area contributed by atoms with E-state index in [1.54, 1.807) is 0 Å². The predicted octanol–water partition coefficient (Wildman–Crippen LogP) is 1.74. The molecule has 0 bridgehead atoms. The molecule has 2 rings (SSSR count). The molecule has 0 aromatic heterocycles. The predicted molar refractivity (Wildman–Crippen MR) is 66.6 cm³/mol. The molecule has 2 aliphatic heterocycles. The molecule has 17 heavy (non-hydrogen) atoms. The van der Waals surface area contributed by atoms with E-state index in [0.717, 1.165) is 0 Å². The van der Waals surface area contributed by atoms with Crippen molar-refractivity contribution in [3.05, 3.63) is 0 Å². The van der Waals surface area contributed by atoms with Gasteiger partial charge in [-0.05, 0) is 18.1 Å². The molecule has 0 amide bonds. The van der Waals surface area contributed by atoms with Crippen LogP contribution in [0.4, 0.5) is 0 Å². The summed E-state index contributed by atoms with van der Waals surface area (Å²) in [6.07, 6.45) is -0.645. The zero-order valence-electron chi connectivity index (χ0n) is 11.3. The number of ether oxygens (including phenoxy) is 2. The molecule has 4 nitrogen and oxygen atoms in total. The highest BCUT2D eigenvalue weighted by Gasteiger charge is 2.50. The van der Waals surface area contributed by atoms with Gasteiger partial charge in [-0.2, -0.15) is 0 Å². The van der Waals surface area contributed by atoms with Crippen molar-refractivity contribution in [3.63, 3.8) is 0 Å². The molecule has 98 valence electrons. The van der Waals surface area contributed by atoms with E-state index in [2.05, 4.69) is 33.9 Å². The summed E-state index contributed by atoms with van der Waals surface area (Å²) >= 11 is 0. The Labute approximate surface area is 104 Å². The standard InChI is InChI=1S/C12H22O4Si/c1-12(2,3)17(4,5)16-9-7-15-10-8(13)6-14-11(9)10/h9-11H,6-7H2,1-5H3/t9?,10?,11-/m1/s1. The number of ketones is 1. The second-order valence-corrected chi connectivity index (χ2v) is 11.2. The van der Waals surface area contributed by atoms with E-state index in [-0.39, 0.29) is 35.7 Å². The molecule has 2 fully saturated rings. The number of Topliss-reactive ketones (excluding diaryl/α,β-unsaturated/α-hetero) is 1. The first-order chi connectivity index (χ1) is 7.72. The first kappa shape index (κ1) is 13.2. The summed E-state index contributed by atoms with van der Waals surface area (Å²) in [4.78, 5) is 11.5. The first-order valence-electron chi connectivity index (χ1n) is 6.16. The van der Waals surface area contributed by atoms with Crippen molar-refractivity contribution in [1.82, 2.24) is 0 Å². The highest BCUT2D eigenvalue weighted by atomic mass is 28.4. The Bertz CT molecular complexity index is 321. The summed E-state index contributed by atoms with van der Waals surface area (Å²) in [5, 5.41) is 0.160. The summed E-state index contributed by atoms with van der Waals surface area (Å²) < 4.78 is 17.2. The lowest BCUT2D eigenvalue weighted by atomic mass is 10.1. The molecule has 2 aliphatic rings. The number of fused-ring (bicyclic) bond motifs is 1. The van der Waals surface area contributed by atoms with Crippen LogP contribution in [0.5, 0.6) is 0 Å². The van der Waals surface area contributed by atoms with Crippen LogP contribution in [-0.2, 0) is 18.7 Å². The van der Waals surface area contributed by atoms with Gasteiger partial charge in [0, 0.05) is 0 Å². The molecule has 0 aromatic rings. The van der Waals surface area contributed by atoms with Gasteiger partial charge in [-0.1, -0.05) is 20.8 Å². The van der Waals surface area contributed by atoms with Gasteiger partial charge in [0.25, 0.3) is 0 Å². The summed E-state index contributed by atoms with van der Waals surface area (Å²) in [5.41, 5.74) is 0. The highest BCUT2D eigenvalue weighted by Crippen LogP contribution is 2.39. The van der Waals surface area contributed by atoms with E-state index in [0.29, 0.717) is 6.61 Å². The van der Waals surface area contributed by atoms with E-state index < -0.39 is 8.32 Å². The molecule has 3 atom stereocenters. The molecule has 0 radical (unpaired) electrons. The average Bonchev–Trinajstić information content (AvgIpc) is 2.70. The van der Waals surface area contributed by atoms with E-state index >= 15 is 0 Å². The lowest BCUT2D eigenvalue weighted by Crippen LogP contribution is -2.47. The van der Waals surface area contributed by atoms with Crippen LogP contribution >= 0.6 is 0 Å². The van der Waals surface area contributed by atoms with E-state index in [9.17, 15) is 4.79 Å². The lowest BCUT2D eigenvalue weighted by molar-refractivity contribution is -0.125. The fraction of sp³-hybridized carbons (Fsp3) is 0.917. The molecule has 0 N–H and O–H groups in total. The zero-order valence-corrected chi connectivity index (χ0v) is 12.3. The third-order valence-corrected chi connectivity index (χ3v) is 8.60. The second-order valence-electron chi connectivity index (χ2n) is 6.41. The molecule has 2 heterocycles. The minimum atomic E-state index is -1.82. The number of hydrogen-bond donors (Lipinski definition) is 0. The van der Waals surface area contributed by atoms with Crippen molar-refractivity contribution in [2.24, 2.45) is 0 Å². The van der Waals surface area contributed by atoms with Crippen LogP contribution in [0, 0.1) is 0 Å². The number of hydrogen-bond acceptors (Lipinski definition) is 4. The normalized spacial score (nSPS) is 34.2. The van der Waals surface area contributed by atoms with Crippen molar-refractivity contribution in [2.75, 3.05) is 13.2 Å². The van der Waals surface area contributed by atoms with Crippen molar-refractivity contribution in [2.45, 2.75) is 57.2 Å². The fourth-order valence-corrected chi connectivity index (χ4v) is 3.28. The first-order valence-corrected chi connectivity index (χ1v) is 9.07. The molecule has 0 aromatic carbocycles. The largest absolute Gasteiger partial charge is 0.409 e. The molecule has 0 spiro atoms. The molecule has 5 heteroatoms. The summed E-state index contributed by atoms with van der Waals surface area (Å²) in [5.74, 6) is 0.0522. The molecule has 0 aliphatic carbocycles. The average molecular weight is 258 g/mol. The summed E-state index contributed by atoms with van der Waals surface area (Å²) in [6.45, 7) is 11.7. The number of carbonyl (C=O) groups excluding carboxylic acids is 1. The number of rotatable bonds is 2. The molecule has 2 unspecified atom stereocenters. The van der Waals surface area contributed by atoms with Gasteiger partial charge in [-0.25, -0.2) is 0 Å².